The van der Waals surface area contributed by atoms with Crippen LogP contribution in [0, 0.1) is 11.8 Å². The molecular weight excluding hydrogens is 1190 g/mol. The van der Waals surface area contributed by atoms with Crippen molar-refractivity contribution in [3.63, 3.8) is 0 Å². The topological polar surface area (TPSA) is 347 Å². The highest BCUT2D eigenvalue weighted by Crippen LogP contribution is 2.32. The van der Waals surface area contributed by atoms with Crippen molar-refractivity contribution in [2.75, 3.05) is 63.3 Å². The number of nitrogens with zero attached hydrogens (tertiary/aromatic N) is 10. The molecule has 0 saturated carbocycles. The van der Waals surface area contributed by atoms with Crippen molar-refractivity contribution >= 4 is 35.0 Å². The van der Waals surface area contributed by atoms with E-state index in [1.807, 2.05) is 17.0 Å². The van der Waals surface area contributed by atoms with Crippen LogP contribution in [0.15, 0.2) is 88.6 Å². The minimum atomic E-state index is -1.61. The van der Waals surface area contributed by atoms with E-state index < -0.39 is 90.3 Å². The van der Waals surface area contributed by atoms with Crippen LogP contribution in [-0.4, -0.2) is 200 Å². The Kier molecular flexibility index (Phi) is 23.7. The quantitative estimate of drug-likeness (QED) is 0.0209. The van der Waals surface area contributed by atoms with Crippen molar-refractivity contribution in [1.82, 2.24) is 48.9 Å². The number of nitrogens with one attached hydrogen (secondary N) is 2. The van der Waals surface area contributed by atoms with Crippen LogP contribution in [0.1, 0.15) is 118 Å². The van der Waals surface area contributed by atoms with Gasteiger partial charge in [-0.15, -0.1) is 11.0 Å². The normalized spacial score (nSPS) is 21.7. The fourth-order valence-electron chi connectivity index (χ4n) is 11.5. The van der Waals surface area contributed by atoms with Crippen LogP contribution in [0.5, 0.6) is 0 Å². The molecule has 0 bridgehead atoms. The first kappa shape index (κ1) is 68.7. The summed E-state index contributed by atoms with van der Waals surface area (Å²) >= 11 is 0. The number of alkyl carbamates (subject to hydrolysis) is 1. The molecule has 0 radical (unpaired) electrons. The Hall–Kier alpha value is -7.66. The van der Waals surface area contributed by atoms with E-state index in [4.69, 9.17) is 38.4 Å². The number of aromatic nitrogens is 8. The number of imidazole rings is 1. The molecule has 92 heavy (non-hydrogen) atoms. The van der Waals surface area contributed by atoms with Gasteiger partial charge in [-0.05, 0) is 65.5 Å². The molecule has 3 aliphatic heterocycles. The average Bonchev–Trinajstić information content (AvgIpc) is 1.59. The lowest BCUT2D eigenvalue weighted by atomic mass is 9.99. The molecule has 3 aliphatic rings. The van der Waals surface area contributed by atoms with Gasteiger partial charge in [0.05, 0.1) is 62.6 Å². The van der Waals surface area contributed by atoms with Crippen LogP contribution in [0.2, 0.25) is 0 Å². The van der Waals surface area contributed by atoms with E-state index in [0.717, 1.165) is 36.7 Å². The van der Waals surface area contributed by atoms with Crippen LogP contribution < -0.4 is 26.8 Å². The lowest BCUT2D eigenvalue weighted by Gasteiger charge is -2.40. The molecule has 498 valence electrons. The second-order valence-corrected chi connectivity index (χ2v) is 24.4. The molecule has 0 aliphatic carbocycles. The van der Waals surface area contributed by atoms with Gasteiger partial charge in [0.25, 0.3) is 5.56 Å². The number of aliphatic hydroxyl groups excluding tert-OH is 6. The largest absolute Gasteiger partial charge is 0.465 e. The number of rotatable bonds is 27. The molecular formula is C64H86N12O16. The Morgan fingerprint density at radius 2 is 1.45 bits per heavy atom. The van der Waals surface area contributed by atoms with Gasteiger partial charge in [-0.1, -0.05) is 91.1 Å². The molecule has 28 heteroatoms. The van der Waals surface area contributed by atoms with Crippen molar-refractivity contribution in [2.45, 2.75) is 172 Å². The maximum absolute atomic E-state index is 14.6. The number of unbranched alkanes of at least 4 members (excludes halogenated alkanes) is 4. The minimum absolute atomic E-state index is 0.00452. The Balaban J connectivity index is 0.798. The monoisotopic (exact) mass is 1280 g/mol. The zero-order valence-corrected chi connectivity index (χ0v) is 52.8. The summed E-state index contributed by atoms with van der Waals surface area (Å²) in [7, 11) is 2.76. The first-order valence-corrected chi connectivity index (χ1v) is 31.2. The van der Waals surface area contributed by atoms with E-state index in [0.29, 0.717) is 67.6 Å². The fraction of sp³-hybridized carbons (Fsp3) is 0.562. The van der Waals surface area contributed by atoms with Crippen molar-refractivity contribution < 1.29 is 68.6 Å². The van der Waals surface area contributed by atoms with E-state index in [1.54, 1.807) is 109 Å². The highest BCUT2D eigenvalue weighted by Gasteiger charge is 2.43. The van der Waals surface area contributed by atoms with Crippen LogP contribution in [0.4, 0.5) is 16.6 Å². The number of piperidine rings is 1. The van der Waals surface area contributed by atoms with E-state index in [1.165, 1.54) is 18.7 Å². The number of pyridine rings is 1. The molecule has 7 heterocycles. The smallest absolute Gasteiger partial charge is 0.407 e. The Morgan fingerprint density at radius 1 is 0.826 bits per heavy atom. The Labute approximate surface area is 532 Å². The van der Waals surface area contributed by atoms with Crippen molar-refractivity contribution in [3.05, 3.63) is 128 Å². The number of benzene rings is 2. The van der Waals surface area contributed by atoms with Gasteiger partial charge in [0.15, 0.2) is 23.7 Å². The van der Waals surface area contributed by atoms with Crippen LogP contribution in [0.3, 0.4) is 0 Å². The molecule has 6 aromatic rings. The van der Waals surface area contributed by atoms with Gasteiger partial charge in [0.1, 0.15) is 48.0 Å². The molecule has 9 rings (SSSR count). The summed E-state index contributed by atoms with van der Waals surface area (Å²) in [6, 6.07) is 20.9. The number of aryl methyl sites for hydroxylation is 2. The maximum atomic E-state index is 14.6. The zero-order chi connectivity index (χ0) is 65.6. The SMILES string of the molecule is CC#CCn1c(N2CCC[C@@H](NC(=O)OC(C)(C)C)C2)nc2c1c(=O)n(Cc1nc(NCCCCCCCn3cc(CN(C[C@H](O)[C@@H](O)[C@@H]4OC(c5ccccc5)OC[C@H]4O)C[C@H](O)[C@@H](O)[C@@H]4OC(c5ccccc5)OC[C@H]4O)nn3)ccc1C(=O)OC)c(=O)n2C. The van der Waals surface area contributed by atoms with Crippen molar-refractivity contribution in [1.29, 1.82) is 0 Å². The van der Waals surface area contributed by atoms with Crippen LogP contribution in [-0.2, 0) is 61.6 Å². The fourth-order valence-corrected chi connectivity index (χ4v) is 11.5. The summed E-state index contributed by atoms with van der Waals surface area (Å²) in [6.07, 6.45) is -6.45. The number of carbonyl (C=O) groups is 2. The first-order chi connectivity index (χ1) is 44.2. The van der Waals surface area contributed by atoms with E-state index >= 15 is 0 Å². The molecule has 3 fully saturated rings. The molecule has 11 atom stereocenters. The Bertz CT molecular complexity index is 3510. The lowest BCUT2D eigenvalue weighted by molar-refractivity contribution is -0.285. The highest BCUT2D eigenvalue weighted by molar-refractivity contribution is 5.90. The van der Waals surface area contributed by atoms with E-state index in [2.05, 4.69) is 32.8 Å². The summed E-state index contributed by atoms with van der Waals surface area (Å²) in [4.78, 5) is 67.7. The summed E-state index contributed by atoms with van der Waals surface area (Å²) < 4.78 is 39.6. The van der Waals surface area contributed by atoms with Crippen molar-refractivity contribution in [3.8, 4) is 11.8 Å². The zero-order valence-electron chi connectivity index (χ0n) is 52.8. The minimum Gasteiger partial charge on any atom is -0.465 e. The number of ether oxygens (including phenoxy) is 6. The summed E-state index contributed by atoms with van der Waals surface area (Å²) in [5.41, 5.74) is 0.284. The molecule has 2 aromatic carbocycles. The lowest BCUT2D eigenvalue weighted by Crippen LogP contribution is -2.56. The standard InChI is InChI=1S/C64H86N12O16/c1-7-8-31-75-51-56(68-61(75)73-29-20-25-42(33-73)66-62(85)92-64(2,3)4)71(5)63(86)76(57(51)83)35-45-44(58(84)87-6)26-27-50(67-45)65-28-18-10-9-11-19-30-74-34-43(69-70-74)32-72(36-46(77)52(81)54-48(79)38-88-59(90-54)40-21-14-12-15-22-40)37-47(78)53(82)55-49(80)39-89-60(91-55)41-23-16-13-17-24-41/h12-17,21-24,26-27,34,42,46-49,52-55,59-60,77-82H,9-11,18-20,25,28-33,35-39H2,1-6H3,(H,65,67)(H,66,85)/t42-,46+,47+,48-,49-,52-,53-,54-,55-,59?,60?/m1/s1. The van der Waals surface area contributed by atoms with Gasteiger partial charge < -0.3 is 74.6 Å². The third-order valence-electron chi connectivity index (χ3n) is 16.2. The predicted octanol–water partition coefficient (Wildman–Crippen LogP) is 2.49. The third-order valence-corrected chi connectivity index (χ3v) is 16.2. The number of amides is 1. The van der Waals surface area contributed by atoms with Crippen LogP contribution in [0.25, 0.3) is 11.2 Å². The number of hydrogen-bond donors (Lipinski definition) is 8. The maximum Gasteiger partial charge on any atom is 0.407 e. The van der Waals surface area contributed by atoms with Gasteiger partial charge in [0, 0.05) is 76.2 Å². The van der Waals surface area contributed by atoms with E-state index in [-0.39, 0.29) is 74.4 Å². The second kappa shape index (κ2) is 31.8. The Morgan fingerprint density at radius 3 is 2.05 bits per heavy atom. The number of aliphatic hydroxyl groups is 6. The highest BCUT2D eigenvalue weighted by atomic mass is 16.7. The summed E-state index contributed by atoms with van der Waals surface area (Å²) in [6.45, 7) is 7.91. The summed E-state index contributed by atoms with van der Waals surface area (Å²) in [5, 5.41) is 82.8. The molecule has 8 N–H and O–H groups in total. The predicted molar refractivity (Wildman–Crippen MR) is 335 cm³/mol. The number of esters is 1. The summed E-state index contributed by atoms with van der Waals surface area (Å²) in [5.74, 6) is 6.07. The van der Waals surface area contributed by atoms with Gasteiger partial charge in [-0.3, -0.25) is 28.1 Å². The molecule has 1 amide bonds. The van der Waals surface area contributed by atoms with Gasteiger partial charge in [-0.2, -0.15) is 4.98 Å². The van der Waals surface area contributed by atoms with Gasteiger partial charge in [-0.25, -0.2) is 19.4 Å². The third kappa shape index (κ3) is 17.5. The number of carbonyl (C=O) groups excluding carboxylic acids is 2. The molecule has 4 aromatic heterocycles. The molecule has 3 saturated heterocycles. The first-order valence-electron chi connectivity index (χ1n) is 31.2. The number of anilines is 2. The molecule has 2 unspecified atom stereocenters. The second-order valence-electron chi connectivity index (χ2n) is 24.4. The van der Waals surface area contributed by atoms with Crippen LogP contribution >= 0.6 is 0 Å². The van der Waals surface area contributed by atoms with Crippen molar-refractivity contribution in [2.24, 2.45) is 7.05 Å². The number of methoxy groups -OCH3 is 1. The van der Waals surface area contributed by atoms with Gasteiger partial charge >= 0.3 is 17.8 Å². The average molecular weight is 1280 g/mol. The van der Waals surface area contributed by atoms with Gasteiger partial charge in [0.2, 0.25) is 5.95 Å². The molecule has 0 spiro atoms. The molecule has 28 nitrogen and oxygen atoms in total. The number of hydrogen-bond acceptors (Lipinski definition) is 23. The van der Waals surface area contributed by atoms with E-state index in [9.17, 15) is 49.8 Å². The number of fused-ring (bicyclic) bond motifs is 1.